The molecule has 29 heavy (non-hydrogen) atoms. The Morgan fingerprint density at radius 1 is 0.414 bits per heavy atom. The van der Waals surface area contributed by atoms with Crippen molar-refractivity contribution in [2.45, 2.75) is 0 Å². The standard InChI is InChI=1S/C18H3B10Cl/c19-9-7(10(20)14(24)17(27)13(9)23)4-2-1-3-5(29)6(4)8-11(21)15(25)18(28)16(26)12(8)22/h1-3H. The first kappa shape index (κ1) is 22.3. The van der Waals surface area contributed by atoms with Crippen molar-refractivity contribution < 1.29 is 0 Å². The van der Waals surface area contributed by atoms with E-state index in [0.29, 0.717) is 22.3 Å². The first-order valence-corrected chi connectivity index (χ1v) is 8.70. The van der Waals surface area contributed by atoms with Crippen molar-refractivity contribution >= 4 is 145 Å². The van der Waals surface area contributed by atoms with Gasteiger partial charge >= 0.3 is 0 Å². The van der Waals surface area contributed by atoms with E-state index in [-0.39, 0.29) is 59.7 Å². The Kier molecular flexibility index (Phi) is 6.17. The number of hydrogen-bond acceptors (Lipinski definition) is 0. The van der Waals surface area contributed by atoms with Crippen molar-refractivity contribution in [2.75, 3.05) is 0 Å². The average Bonchev–Trinajstić information content (AvgIpc) is 2.69. The zero-order valence-electron chi connectivity index (χ0n) is 15.4. The van der Waals surface area contributed by atoms with Crippen molar-refractivity contribution in [3.63, 3.8) is 0 Å². The Hall–Kier alpha value is -1.40. The summed E-state index contributed by atoms with van der Waals surface area (Å²) in [5.41, 5.74) is 2.48. The molecule has 3 rings (SSSR count). The average molecular weight is 363 g/mol. The van der Waals surface area contributed by atoms with Crippen LogP contribution in [0.15, 0.2) is 18.2 Å². The maximum absolute atomic E-state index is 6.52. The highest BCUT2D eigenvalue weighted by Gasteiger charge is 2.21. The Balaban J connectivity index is 2.52. The third-order valence-electron chi connectivity index (χ3n) is 4.93. The molecule has 0 spiro atoms. The van der Waals surface area contributed by atoms with Crippen molar-refractivity contribution in [2.24, 2.45) is 0 Å². The third kappa shape index (κ3) is 3.42. The van der Waals surface area contributed by atoms with Crippen molar-refractivity contribution in [3.05, 3.63) is 23.2 Å². The van der Waals surface area contributed by atoms with E-state index in [0.717, 1.165) is 0 Å². The van der Waals surface area contributed by atoms with E-state index in [1.54, 1.807) is 18.2 Å². The van der Waals surface area contributed by atoms with E-state index >= 15 is 0 Å². The fourth-order valence-electron chi connectivity index (χ4n) is 3.25. The number of hydrogen-bond donors (Lipinski definition) is 0. The summed E-state index contributed by atoms with van der Waals surface area (Å²) in [6, 6.07) is 5.04. The van der Waals surface area contributed by atoms with Gasteiger partial charge < -0.3 is 0 Å². The van der Waals surface area contributed by atoms with Crippen molar-refractivity contribution in [1.82, 2.24) is 0 Å². The van der Waals surface area contributed by atoms with Crippen LogP contribution in [0.4, 0.5) is 0 Å². The Morgan fingerprint density at radius 3 is 1.17 bits per heavy atom. The number of benzene rings is 3. The zero-order valence-corrected chi connectivity index (χ0v) is 16.1. The van der Waals surface area contributed by atoms with E-state index in [1.807, 2.05) is 0 Å². The van der Waals surface area contributed by atoms with Crippen LogP contribution in [-0.2, 0) is 0 Å². The predicted molar refractivity (Wildman–Crippen MR) is 136 cm³/mol. The van der Waals surface area contributed by atoms with Crippen molar-refractivity contribution in [3.8, 4) is 22.3 Å². The fraction of sp³-hybridized carbons (Fsp3) is 0. The molecule has 0 aromatic heterocycles. The minimum absolute atomic E-state index is 0.0786. The van der Waals surface area contributed by atoms with Crippen molar-refractivity contribution in [1.29, 1.82) is 0 Å². The van der Waals surface area contributed by atoms with Crippen LogP contribution in [0.25, 0.3) is 22.3 Å². The highest BCUT2D eigenvalue weighted by atomic mass is 35.5. The summed E-state index contributed by atoms with van der Waals surface area (Å²) < 4.78 is 0. The smallest absolute Gasteiger partial charge is 0.112 e. The Bertz CT molecular complexity index is 1110. The minimum atomic E-state index is 0.0786. The second kappa shape index (κ2) is 8.03. The Morgan fingerprint density at radius 2 is 0.759 bits per heavy atom. The van der Waals surface area contributed by atoms with Crippen LogP contribution in [-0.4, -0.2) is 78.5 Å². The number of halogens is 1. The predicted octanol–water partition coefficient (Wildman–Crippen LogP) is -6.39. The first-order chi connectivity index (χ1) is 13.5. The molecule has 0 bridgehead atoms. The molecule has 0 heterocycles. The molecule has 0 saturated carbocycles. The van der Waals surface area contributed by atoms with E-state index in [1.165, 1.54) is 0 Å². The lowest BCUT2D eigenvalue weighted by Crippen LogP contribution is -2.56. The molecule has 0 aliphatic rings. The summed E-state index contributed by atoms with van der Waals surface area (Å²) in [5.74, 6) is 0. The SMILES string of the molecule is [B]c1c([B])c([B])c(-c2cccc(Cl)c2-c2c([B])c([B])c([B])c([B])c2[B])c([B])c1[B]. The summed E-state index contributed by atoms with van der Waals surface area (Å²) in [6.07, 6.45) is 0. The van der Waals surface area contributed by atoms with Gasteiger partial charge in [-0.2, -0.15) is 0 Å². The molecule has 0 aliphatic heterocycles. The van der Waals surface area contributed by atoms with Crippen LogP contribution in [0.3, 0.4) is 0 Å². The van der Waals surface area contributed by atoms with Crippen LogP contribution in [0.2, 0.25) is 5.02 Å². The summed E-state index contributed by atoms with van der Waals surface area (Å²) in [6.45, 7) is 0. The zero-order chi connectivity index (χ0) is 21.8. The largest absolute Gasteiger partial charge is 0.113 e. The van der Waals surface area contributed by atoms with Gasteiger partial charge in [-0.3, -0.25) is 0 Å². The van der Waals surface area contributed by atoms with E-state index in [9.17, 15) is 0 Å². The molecular formula is C18H3B10Cl. The lowest BCUT2D eigenvalue weighted by Gasteiger charge is -2.27. The summed E-state index contributed by atoms with van der Waals surface area (Å²) in [4.78, 5) is 0. The molecule has 0 atom stereocenters. The maximum atomic E-state index is 6.52. The second-order valence-corrected chi connectivity index (χ2v) is 6.96. The van der Waals surface area contributed by atoms with Crippen LogP contribution in [0, 0.1) is 0 Å². The molecule has 0 nitrogen and oxygen atoms in total. The minimum Gasteiger partial charge on any atom is -0.112 e. The molecular weight excluding hydrogens is 360 g/mol. The highest BCUT2D eigenvalue weighted by molar-refractivity contribution is 6.70. The fourth-order valence-corrected chi connectivity index (χ4v) is 3.51. The summed E-state index contributed by atoms with van der Waals surface area (Å²) >= 11 is 6.52. The summed E-state index contributed by atoms with van der Waals surface area (Å²) in [5, 5.41) is 0.289. The molecule has 0 unspecified atom stereocenters. The van der Waals surface area contributed by atoms with Gasteiger partial charge in [0.15, 0.2) is 0 Å². The van der Waals surface area contributed by atoms with E-state index < -0.39 is 0 Å². The van der Waals surface area contributed by atoms with E-state index in [4.69, 9.17) is 90.1 Å². The monoisotopic (exact) mass is 364 g/mol. The molecule has 0 aliphatic carbocycles. The van der Waals surface area contributed by atoms with Gasteiger partial charge in [0.2, 0.25) is 0 Å². The molecule has 3 aromatic carbocycles. The topological polar surface area (TPSA) is 0 Å². The molecule has 0 saturated heterocycles. The molecule has 0 amide bonds. The van der Waals surface area contributed by atoms with Gasteiger partial charge in [-0.15, -0.1) is 32.8 Å². The van der Waals surface area contributed by atoms with Gasteiger partial charge in [-0.05, 0) is 22.8 Å². The number of rotatable bonds is 2. The highest BCUT2D eigenvalue weighted by Crippen LogP contribution is 2.34. The van der Waals surface area contributed by atoms with Gasteiger partial charge in [0.05, 0.1) is 0 Å². The lowest BCUT2D eigenvalue weighted by atomic mass is 9.58. The first-order valence-electron chi connectivity index (χ1n) is 8.32. The Labute approximate surface area is 189 Å². The van der Waals surface area contributed by atoms with Gasteiger partial charge in [0, 0.05) is 10.6 Å². The second-order valence-electron chi connectivity index (χ2n) is 6.55. The molecule has 20 radical (unpaired) electrons. The van der Waals surface area contributed by atoms with Crippen LogP contribution in [0.5, 0.6) is 0 Å². The molecule has 0 N–H and O–H groups in total. The lowest BCUT2D eigenvalue weighted by molar-refractivity contribution is 1.67. The molecule has 11 heteroatoms. The van der Waals surface area contributed by atoms with Crippen LogP contribution >= 0.6 is 11.6 Å². The third-order valence-corrected chi connectivity index (χ3v) is 5.25. The maximum Gasteiger partial charge on any atom is 0.113 e. The van der Waals surface area contributed by atoms with Gasteiger partial charge in [0.25, 0.3) is 0 Å². The molecule has 0 fully saturated rings. The quantitative estimate of drug-likeness (QED) is 0.398. The van der Waals surface area contributed by atoms with Crippen LogP contribution in [0.1, 0.15) is 0 Å². The molecule has 3 aromatic rings. The van der Waals surface area contributed by atoms with Gasteiger partial charge in [-0.1, -0.05) is 45.6 Å². The van der Waals surface area contributed by atoms with Gasteiger partial charge in [-0.25, -0.2) is 0 Å². The molecule has 112 valence electrons. The normalized spacial score (nSPS) is 10.9. The van der Waals surface area contributed by atoms with E-state index in [2.05, 4.69) is 0 Å². The van der Waals surface area contributed by atoms with Crippen LogP contribution < -0.4 is 54.6 Å². The van der Waals surface area contributed by atoms with Gasteiger partial charge in [0.1, 0.15) is 78.5 Å². The summed E-state index contributed by atoms with van der Waals surface area (Å²) in [7, 11) is 60.8.